The fourth-order valence-corrected chi connectivity index (χ4v) is 2.07. The van der Waals surface area contributed by atoms with E-state index in [1.165, 1.54) is 0 Å². The summed E-state index contributed by atoms with van der Waals surface area (Å²) in [5.41, 5.74) is -1.57. The number of methoxy groups -OCH3 is 1. The number of hydrogen-bond donors (Lipinski definition) is 0. The lowest BCUT2D eigenvalue weighted by Gasteiger charge is -2.13. The second-order valence-corrected chi connectivity index (χ2v) is 5.53. The van der Waals surface area contributed by atoms with Crippen molar-refractivity contribution in [1.29, 1.82) is 0 Å². The van der Waals surface area contributed by atoms with Crippen molar-refractivity contribution in [2.75, 3.05) is 7.11 Å². The van der Waals surface area contributed by atoms with Crippen molar-refractivity contribution in [3.8, 4) is 11.5 Å². The Balaban J connectivity index is 3.71. The summed E-state index contributed by atoms with van der Waals surface area (Å²) in [6, 6.07) is 0. The molecular formula is C7H4ClF3N2O6S. The SMILES string of the molecule is COc1cnc(S(=O)(=O)Cl)c([N+](=O)[O-])c1OC(F)(F)F. The van der Waals surface area contributed by atoms with Gasteiger partial charge in [-0.25, -0.2) is 13.4 Å². The van der Waals surface area contributed by atoms with Gasteiger partial charge in [0.1, 0.15) is 0 Å². The van der Waals surface area contributed by atoms with Crippen LogP contribution in [0, 0.1) is 10.1 Å². The third-order valence-corrected chi connectivity index (χ3v) is 2.99. The summed E-state index contributed by atoms with van der Waals surface area (Å²) < 4.78 is 66.7. The van der Waals surface area contributed by atoms with Gasteiger partial charge in [0.25, 0.3) is 19.8 Å². The van der Waals surface area contributed by atoms with Crippen LogP contribution in [-0.4, -0.2) is 31.8 Å². The smallest absolute Gasteiger partial charge is 0.491 e. The molecule has 1 rings (SSSR count). The van der Waals surface area contributed by atoms with Crippen LogP contribution >= 0.6 is 10.7 Å². The average molecular weight is 337 g/mol. The zero-order chi connectivity index (χ0) is 15.7. The zero-order valence-electron chi connectivity index (χ0n) is 9.34. The number of alkyl halides is 3. The topological polar surface area (TPSA) is 109 Å². The van der Waals surface area contributed by atoms with E-state index in [4.69, 9.17) is 10.7 Å². The highest BCUT2D eigenvalue weighted by atomic mass is 35.7. The summed E-state index contributed by atoms with van der Waals surface area (Å²) in [6.07, 6.45) is -4.81. The van der Waals surface area contributed by atoms with Gasteiger partial charge in [-0.2, -0.15) is 0 Å². The molecule has 8 nitrogen and oxygen atoms in total. The second kappa shape index (κ2) is 5.28. The van der Waals surface area contributed by atoms with E-state index in [0.717, 1.165) is 7.11 Å². The van der Waals surface area contributed by atoms with Crippen molar-refractivity contribution in [3.05, 3.63) is 16.3 Å². The molecule has 0 amide bonds. The Hall–Kier alpha value is -1.82. The number of rotatable bonds is 4. The summed E-state index contributed by atoms with van der Waals surface area (Å²) in [7, 11) is 0.997. The molecule has 0 saturated carbocycles. The quantitative estimate of drug-likeness (QED) is 0.468. The molecule has 0 radical (unpaired) electrons. The summed E-state index contributed by atoms with van der Waals surface area (Å²) in [5, 5.41) is 9.40. The lowest BCUT2D eigenvalue weighted by Crippen LogP contribution is -2.19. The molecule has 0 bridgehead atoms. The van der Waals surface area contributed by atoms with Crippen LogP contribution in [0.1, 0.15) is 0 Å². The zero-order valence-corrected chi connectivity index (χ0v) is 10.9. The number of nitrogens with zero attached hydrogens (tertiary/aromatic N) is 2. The summed E-state index contributed by atoms with van der Waals surface area (Å²) in [4.78, 5) is 12.5. The highest BCUT2D eigenvalue weighted by molar-refractivity contribution is 8.13. The van der Waals surface area contributed by atoms with Crippen molar-refractivity contribution in [3.63, 3.8) is 0 Å². The molecule has 0 atom stereocenters. The van der Waals surface area contributed by atoms with Gasteiger partial charge in [0.15, 0.2) is 5.75 Å². The van der Waals surface area contributed by atoms with Crippen molar-refractivity contribution < 1.29 is 36.0 Å². The van der Waals surface area contributed by atoms with Crippen molar-refractivity contribution in [1.82, 2.24) is 4.98 Å². The molecule has 0 aliphatic heterocycles. The van der Waals surface area contributed by atoms with E-state index in [9.17, 15) is 31.7 Å². The Morgan fingerprint density at radius 3 is 2.35 bits per heavy atom. The van der Waals surface area contributed by atoms with Crippen LogP contribution in [0.4, 0.5) is 18.9 Å². The standard InChI is InChI=1S/C7H4ClF3N2O6S/c1-18-3-2-12-6(20(8,16)17)4(13(14)15)5(3)19-7(9,10)11/h2H,1H3. The van der Waals surface area contributed by atoms with E-state index in [1.54, 1.807) is 0 Å². The molecule has 0 aliphatic rings. The Morgan fingerprint density at radius 2 is 2.00 bits per heavy atom. The molecule has 112 valence electrons. The fraction of sp³-hybridized carbons (Fsp3) is 0.286. The molecule has 0 unspecified atom stereocenters. The lowest BCUT2D eigenvalue weighted by molar-refractivity contribution is -0.392. The van der Waals surface area contributed by atoms with Crippen LogP contribution in [0.15, 0.2) is 11.2 Å². The van der Waals surface area contributed by atoms with Gasteiger partial charge >= 0.3 is 12.0 Å². The van der Waals surface area contributed by atoms with Gasteiger partial charge in [0, 0.05) is 10.7 Å². The van der Waals surface area contributed by atoms with Crippen molar-refractivity contribution in [2.24, 2.45) is 0 Å². The first-order valence-corrected chi connectivity index (χ1v) is 6.70. The minimum absolute atomic E-state index is 0.503. The molecule has 0 aliphatic carbocycles. The van der Waals surface area contributed by atoms with Gasteiger partial charge in [-0.3, -0.25) is 10.1 Å². The van der Waals surface area contributed by atoms with E-state index in [-0.39, 0.29) is 0 Å². The molecule has 0 fully saturated rings. The van der Waals surface area contributed by atoms with Crippen LogP contribution in [0.25, 0.3) is 0 Å². The minimum Gasteiger partial charge on any atom is -0.491 e. The number of aromatic nitrogens is 1. The molecule has 20 heavy (non-hydrogen) atoms. The fourth-order valence-electron chi connectivity index (χ4n) is 1.15. The predicted octanol–water partition coefficient (Wildman–Crippen LogP) is 1.82. The van der Waals surface area contributed by atoms with E-state index in [0.29, 0.717) is 6.20 Å². The van der Waals surface area contributed by atoms with E-state index in [1.807, 2.05) is 0 Å². The van der Waals surface area contributed by atoms with E-state index >= 15 is 0 Å². The third kappa shape index (κ3) is 3.60. The van der Waals surface area contributed by atoms with Gasteiger partial charge in [-0.15, -0.1) is 13.2 Å². The highest BCUT2D eigenvalue weighted by Crippen LogP contribution is 2.43. The van der Waals surface area contributed by atoms with E-state index < -0.39 is 42.5 Å². The van der Waals surface area contributed by atoms with Gasteiger partial charge in [0.05, 0.1) is 18.2 Å². The first-order valence-electron chi connectivity index (χ1n) is 4.39. The Kier molecular flexibility index (Phi) is 4.29. The number of pyridine rings is 1. The maximum atomic E-state index is 12.2. The van der Waals surface area contributed by atoms with Crippen molar-refractivity contribution in [2.45, 2.75) is 11.4 Å². The molecule has 0 saturated heterocycles. The monoisotopic (exact) mass is 336 g/mol. The van der Waals surface area contributed by atoms with Gasteiger partial charge in [-0.1, -0.05) is 0 Å². The first-order chi connectivity index (χ1) is 8.97. The van der Waals surface area contributed by atoms with Gasteiger partial charge in [-0.05, 0) is 0 Å². The average Bonchev–Trinajstić information content (AvgIpc) is 2.24. The number of hydrogen-bond acceptors (Lipinski definition) is 7. The molecule has 1 aromatic heterocycles. The third-order valence-electron chi connectivity index (χ3n) is 1.79. The molecule has 1 aromatic rings. The normalized spacial score (nSPS) is 12.1. The van der Waals surface area contributed by atoms with Crippen LogP contribution < -0.4 is 9.47 Å². The van der Waals surface area contributed by atoms with Crippen LogP contribution in [-0.2, 0) is 9.05 Å². The molecule has 0 N–H and O–H groups in total. The molecule has 1 heterocycles. The maximum absolute atomic E-state index is 12.2. The van der Waals surface area contributed by atoms with E-state index in [2.05, 4.69) is 14.5 Å². The van der Waals surface area contributed by atoms with Crippen LogP contribution in [0.5, 0.6) is 11.5 Å². The maximum Gasteiger partial charge on any atom is 0.573 e. The minimum atomic E-state index is -5.31. The Morgan fingerprint density at radius 1 is 1.45 bits per heavy atom. The van der Waals surface area contributed by atoms with Gasteiger partial charge in [0.2, 0.25) is 0 Å². The van der Waals surface area contributed by atoms with Crippen LogP contribution in [0.2, 0.25) is 0 Å². The number of halogens is 4. The van der Waals surface area contributed by atoms with Gasteiger partial charge < -0.3 is 9.47 Å². The lowest BCUT2D eigenvalue weighted by atomic mass is 10.3. The van der Waals surface area contributed by atoms with Crippen LogP contribution in [0.3, 0.4) is 0 Å². The first kappa shape index (κ1) is 16.2. The molecular weight excluding hydrogens is 333 g/mol. The molecule has 0 spiro atoms. The molecule has 0 aromatic carbocycles. The second-order valence-electron chi connectivity index (χ2n) is 3.05. The predicted molar refractivity (Wildman–Crippen MR) is 57.2 cm³/mol. The Labute approximate surface area is 113 Å². The highest BCUT2D eigenvalue weighted by Gasteiger charge is 2.41. The molecule has 13 heteroatoms. The number of nitro groups is 1. The Bertz CT molecular complexity index is 647. The largest absolute Gasteiger partial charge is 0.573 e. The van der Waals surface area contributed by atoms with Crippen molar-refractivity contribution >= 4 is 25.4 Å². The summed E-state index contributed by atoms with van der Waals surface area (Å²) in [5.74, 6) is -2.24. The summed E-state index contributed by atoms with van der Waals surface area (Å²) >= 11 is 0. The number of ether oxygens (including phenoxy) is 2. The summed E-state index contributed by atoms with van der Waals surface area (Å²) in [6.45, 7) is 0.